The smallest absolute Gasteiger partial charge is 0.175 e. The van der Waals surface area contributed by atoms with Crippen molar-refractivity contribution in [1.29, 1.82) is 0 Å². The van der Waals surface area contributed by atoms with Crippen LogP contribution in [-0.4, -0.2) is 19.6 Å². The molecule has 23 heavy (non-hydrogen) atoms. The van der Waals surface area contributed by atoms with Crippen LogP contribution in [-0.2, 0) is 0 Å². The summed E-state index contributed by atoms with van der Waals surface area (Å²) in [6.07, 6.45) is 0. The predicted octanol–water partition coefficient (Wildman–Crippen LogP) is 5.00. The number of thiophene rings is 1. The molecule has 0 bridgehead atoms. The first-order valence-corrected chi connectivity index (χ1v) is 8.63. The summed E-state index contributed by atoms with van der Waals surface area (Å²) in [5.41, 5.74) is 2.52. The van der Waals surface area contributed by atoms with Crippen molar-refractivity contribution < 1.29 is 0 Å². The molecule has 0 amide bonds. The van der Waals surface area contributed by atoms with Crippen LogP contribution in [0.1, 0.15) is 10.7 Å². The summed E-state index contributed by atoms with van der Waals surface area (Å²) in [6, 6.07) is 15.8. The second-order valence-corrected chi connectivity index (χ2v) is 6.89. The van der Waals surface area contributed by atoms with Crippen LogP contribution in [0.2, 0.25) is 0 Å². The molecule has 4 nitrogen and oxygen atoms in total. The van der Waals surface area contributed by atoms with Crippen LogP contribution in [0, 0.1) is 0 Å². The molecule has 7 heteroatoms. The number of fused-ring (bicyclic) bond motifs is 1. The lowest BCUT2D eigenvalue weighted by Crippen LogP contribution is -2.04. The van der Waals surface area contributed by atoms with Gasteiger partial charge in [0.15, 0.2) is 22.1 Å². The lowest BCUT2D eigenvalue weighted by molar-refractivity contribution is 0.876. The zero-order valence-corrected chi connectivity index (χ0v) is 14.1. The highest BCUT2D eigenvalue weighted by Crippen LogP contribution is 2.29. The van der Waals surface area contributed by atoms with Gasteiger partial charge in [-0.15, -0.1) is 11.3 Å². The molecule has 3 aromatic heterocycles. The van der Waals surface area contributed by atoms with E-state index in [1.54, 1.807) is 15.9 Å². The number of halogens is 2. The standard InChI is InChI=1S/C16H10Cl2N4S/c17-14(18)15-19-13-9-11(10-5-2-1-3-6-10)21-22(13)16(20-15)12-7-4-8-23-12/h1-9,14H. The molecule has 0 aliphatic carbocycles. The molecule has 0 aliphatic heterocycles. The largest absolute Gasteiger partial charge is 0.211 e. The van der Waals surface area contributed by atoms with E-state index in [0.717, 1.165) is 16.1 Å². The first kappa shape index (κ1) is 14.6. The second-order valence-electron chi connectivity index (χ2n) is 4.85. The fourth-order valence-electron chi connectivity index (χ4n) is 2.32. The molecule has 0 unspecified atom stereocenters. The topological polar surface area (TPSA) is 43.1 Å². The molecule has 1 aromatic carbocycles. The van der Waals surface area contributed by atoms with Crippen LogP contribution in [0.25, 0.3) is 27.6 Å². The van der Waals surface area contributed by atoms with Gasteiger partial charge in [-0.05, 0) is 11.4 Å². The van der Waals surface area contributed by atoms with Crippen LogP contribution >= 0.6 is 34.5 Å². The van der Waals surface area contributed by atoms with E-state index in [9.17, 15) is 0 Å². The number of alkyl halides is 2. The van der Waals surface area contributed by atoms with E-state index in [0.29, 0.717) is 17.3 Å². The number of aromatic nitrogens is 4. The number of hydrogen-bond donors (Lipinski definition) is 0. The molecular weight excluding hydrogens is 351 g/mol. The first-order valence-electron chi connectivity index (χ1n) is 6.87. The van der Waals surface area contributed by atoms with Crippen LogP contribution < -0.4 is 0 Å². The van der Waals surface area contributed by atoms with Crippen molar-refractivity contribution in [3.8, 4) is 22.0 Å². The second kappa shape index (κ2) is 5.92. The molecule has 114 valence electrons. The number of rotatable bonds is 3. The third-order valence-electron chi connectivity index (χ3n) is 3.35. The summed E-state index contributed by atoms with van der Waals surface area (Å²) in [5, 5.41) is 6.64. The molecule has 0 saturated heterocycles. The van der Waals surface area contributed by atoms with Gasteiger partial charge in [-0.3, -0.25) is 0 Å². The van der Waals surface area contributed by atoms with Gasteiger partial charge in [0.05, 0.1) is 10.6 Å². The molecule has 4 rings (SSSR count). The summed E-state index contributed by atoms with van der Waals surface area (Å²) in [7, 11) is 0. The van der Waals surface area contributed by atoms with Gasteiger partial charge in [-0.25, -0.2) is 9.97 Å². The molecule has 0 N–H and O–H groups in total. The van der Waals surface area contributed by atoms with Gasteiger partial charge >= 0.3 is 0 Å². The highest BCUT2D eigenvalue weighted by molar-refractivity contribution is 7.13. The number of hydrogen-bond acceptors (Lipinski definition) is 4. The molecule has 3 heterocycles. The van der Waals surface area contributed by atoms with E-state index in [2.05, 4.69) is 15.1 Å². The maximum Gasteiger partial charge on any atom is 0.175 e. The van der Waals surface area contributed by atoms with E-state index in [1.165, 1.54) is 0 Å². The summed E-state index contributed by atoms with van der Waals surface area (Å²) in [6.45, 7) is 0. The van der Waals surface area contributed by atoms with Gasteiger partial charge in [0, 0.05) is 11.6 Å². The lowest BCUT2D eigenvalue weighted by Gasteiger charge is -2.05. The molecule has 0 spiro atoms. The minimum Gasteiger partial charge on any atom is -0.211 e. The van der Waals surface area contributed by atoms with Crippen molar-refractivity contribution in [2.75, 3.05) is 0 Å². The summed E-state index contributed by atoms with van der Waals surface area (Å²) in [4.78, 5) is 9.11. The first-order chi connectivity index (χ1) is 11.2. The Morgan fingerprint density at radius 3 is 2.52 bits per heavy atom. The minimum absolute atomic E-state index is 0.378. The highest BCUT2D eigenvalue weighted by atomic mass is 35.5. The van der Waals surface area contributed by atoms with Crippen molar-refractivity contribution in [1.82, 2.24) is 19.6 Å². The van der Waals surface area contributed by atoms with Crippen LogP contribution in [0.5, 0.6) is 0 Å². The fraction of sp³-hybridized carbons (Fsp3) is 0.0625. The van der Waals surface area contributed by atoms with Gasteiger partial charge in [-0.1, -0.05) is 59.6 Å². The highest BCUT2D eigenvalue weighted by Gasteiger charge is 2.17. The van der Waals surface area contributed by atoms with Crippen LogP contribution in [0.15, 0.2) is 53.9 Å². The van der Waals surface area contributed by atoms with Gasteiger partial charge < -0.3 is 0 Å². The van der Waals surface area contributed by atoms with Crippen molar-refractivity contribution in [3.63, 3.8) is 0 Å². The Balaban J connectivity index is 1.97. The molecule has 0 radical (unpaired) electrons. The van der Waals surface area contributed by atoms with Crippen molar-refractivity contribution >= 4 is 40.2 Å². The summed E-state index contributed by atoms with van der Waals surface area (Å²) < 4.78 is 1.73. The number of nitrogens with zero attached hydrogens (tertiary/aromatic N) is 4. The number of benzene rings is 1. The zero-order valence-electron chi connectivity index (χ0n) is 11.7. The Labute approximate surface area is 146 Å². The molecule has 0 atom stereocenters. The minimum atomic E-state index is -0.784. The molecule has 0 fully saturated rings. The summed E-state index contributed by atoms with van der Waals surface area (Å²) >= 11 is 13.5. The Morgan fingerprint density at radius 1 is 1.00 bits per heavy atom. The fourth-order valence-corrected chi connectivity index (χ4v) is 3.21. The molecular formula is C16H10Cl2N4S. The lowest BCUT2D eigenvalue weighted by atomic mass is 10.2. The maximum absolute atomic E-state index is 5.97. The Kier molecular flexibility index (Phi) is 3.77. The normalized spacial score (nSPS) is 11.4. The van der Waals surface area contributed by atoms with Gasteiger partial charge in [0.2, 0.25) is 0 Å². The van der Waals surface area contributed by atoms with Gasteiger partial charge in [0.25, 0.3) is 0 Å². The monoisotopic (exact) mass is 360 g/mol. The molecule has 0 saturated carbocycles. The van der Waals surface area contributed by atoms with Gasteiger partial charge in [-0.2, -0.15) is 9.61 Å². The Morgan fingerprint density at radius 2 is 1.83 bits per heavy atom. The quantitative estimate of drug-likeness (QED) is 0.483. The van der Waals surface area contributed by atoms with Crippen molar-refractivity contribution in [2.24, 2.45) is 0 Å². The molecule has 0 aliphatic rings. The van der Waals surface area contributed by atoms with Crippen molar-refractivity contribution in [3.05, 3.63) is 59.7 Å². The predicted molar refractivity (Wildman–Crippen MR) is 94.0 cm³/mol. The average Bonchev–Trinajstić information content (AvgIpc) is 3.24. The van der Waals surface area contributed by atoms with Crippen LogP contribution in [0.4, 0.5) is 0 Å². The van der Waals surface area contributed by atoms with E-state index in [-0.39, 0.29) is 0 Å². The van der Waals surface area contributed by atoms with E-state index in [4.69, 9.17) is 23.2 Å². The zero-order chi connectivity index (χ0) is 15.8. The van der Waals surface area contributed by atoms with E-state index in [1.807, 2.05) is 53.9 Å². The van der Waals surface area contributed by atoms with E-state index < -0.39 is 4.84 Å². The van der Waals surface area contributed by atoms with Crippen molar-refractivity contribution in [2.45, 2.75) is 4.84 Å². The maximum atomic E-state index is 5.97. The van der Waals surface area contributed by atoms with Gasteiger partial charge in [0.1, 0.15) is 0 Å². The third-order valence-corrected chi connectivity index (χ3v) is 4.60. The third kappa shape index (κ3) is 2.72. The Hall–Kier alpha value is -1.95. The molecule has 4 aromatic rings. The van der Waals surface area contributed by atoms with Crippen LogP contribution in [0.3, 0.4) is 0 Å². The Bertz CT molecular complexity index is 949. The average molecular weight is 361 g/mol. The van der Waals surface area contributed by atoms with E-state index >= 15 is 0 Å². The summed E-state index contributed by atoms with van der Waals surface area (Å²) in [5.74, 6) is 1.07. The SMILES string of the molecule is ClC(Cl)c1nc(-c2cccs2)n2nc(-c3ccccc3)cc2n1.